The highest BCUT2D eigenvalue weighted by Crippen LogP contribution is 2.52. The molecule has 0 amide bonds. The second-order valence-electron chi connectivity index (χ2n) is 7.03. The summed E-state index contributed by atoms with van der Waals surface area (Å²) in [5, 5.41) is 6.66. The molecule has 4 nitrogen and oxygen atoms in total. The zero-order chi connectivity index (χ0) is 19.7. The molecule has 7 rings (SSSR count). The Morgan fingerprint density at radius 2 is 1.30 bits per heavy atom. The van der Waals surface area contributed by atoms with Crippen LogP contribution in [0.5, 0.6) is 23.0 Å². The van der Waals surface area contributed by atoms with Crippen LogP contribution in [0.25, 0.3) is 39.7 Å². The lowest BCUT2D eigenvalue weighted by Gasteiger charge is -2.15. The summed E-state index contributed by atoms with van der Waals surface area (Å²) >= 11 is 7.02. The van der Waals surface area contributed by atoms with Crippen LogP contribution in [0.2, 0.25) is 0 Å². The van der Waals surface area contributed by atoms with Gasteiger partial charge in [0.1, 0.15) is 26.4 Å². The first-order valence-electron chi connectivity index (χ1n) is 9.56. The van der Waals surface area contributed by atoms with Crippen LogP contribution < -0.4 is 18.9 Å². The molecule has 0 aliphatic carbocycles. The predicted octanol–water partition coefficient (Wildman–Crippen LogP) is 7.12. The molecule has 0 saturated heterocycles. The Morgan fingerprint density at radius 1 is 0.667 bits per heavy atom. The molecule has 2 aliphatic rings. The monoisotopic (exact) mass is 470 g/mol. The van der Waals surface area contributed by atoms with Gasteiger partial charge in [0.25, 0.3) is 0 Å². The van der Waals surface area contributed by atoms with E-state index in [1.807, 2.05) is 22.7 Å². The van der Waals surface area contributed by atoms with Gasteiger partial charge in [-0.15, -0.1) is 45.3 Å². The summed E-state index contributed by atoms with van der Waals surface area (Å²) in [6.07, 6.45) is 0. The lowest BCUT2D eigenvalue weighted by molar-refractivity contribution is 0.174. The third-order valence-corrected chi connectivity index (χ3v) is 9.75. The standard InChI is InChI=1S/C22H14O4S4/c1-2-15-12(8-17(29-15)22-19-14(10-28-22)24-4-6-26-19)20-11(1)7-16(30-20)21-18-13(9-27-21)23-3-5-25-18/h1-2,7-10H,3-6H2. The highest BCUT2D eigenvalue weighted by molar-refractivity contribution is 7.29. The maximum atomic E-state index is 5.91. The summed E-state index contributed by atoms with van der Waals surface area (Å²) in [5.41, 5.74) is 0. The van der Waals surface area contributed by atoms with Crippen molar-refractivity contribution >= 4 is 65.5 Å². The Balaban J connectivity index is 1.37. The Morgan fingerprint density at radius 3 is 2.00 bits per heavy atom. The maximum Gasteiger partial charge on any atom is 0.180 e. The van der Waals surface area contributed by atoms with E-state index in [1.54, 1.807) is 22.7 Å². The first-order chi connectivity index (χ1) is 14.8. The smallest absolute Gasteiger partial charge is 0.180 e. The number of rotatable bonds is 2. The predicted molar refractivity (Wildman–Crippen MR) is 126 cm³/mol. The van der Waals surface area contributed by atoms with Gasteiger partial charge in [-0.25, -0.2) is 0 Å². The van der Waals surface area contributed by atoms with Crippen LogP contribution in [0.3, 0.4) is 0 Å². The lowest BCUT2D eigenvalue weighted by atomic mass is 10.2. The van der Waals surface area contributed by atoms with Crippen LogP contribution in [0.15, 0.2) is 35.0 Å². The molecule has 30 heavy (non-hydrogen) atoms. The summed E-state index contributed by atoms with van der Waals surface area (Å²) in [5.74, 6) is 3.52. The molecular formula is C22H14O4S4. The zero-order valence-electron chi connectivity index (χ0n) is 15.6. The number of ether oxygens (including phenoxy) is 4. The van der Waals surface area contributed by atoms with Crippen LogP contribution in [-0.4, -0.2) is 26.4 Å². The van der Waals surface area contributed by atoms with Crippen molar-refractivity contribution in [2.45, 2.75) is 0 Å². The van der Waals surface area contributed by atoms with Crippen LogP contribution in [0.1, 0.15) is 0 Å². The third kappa shape index (κ3) is 2.54. The second kappa shape index (κ2) is 6.62. The minimum absolute atomic E-state index is 0.608. The molecule has 6 heterocycles. The molecule has 8 heteroatoms. The fourth-order valence-electron chi connectivity index (χ4n) is 3.90. The summed E-state index contributed by atoms with van der Waals surface area (Å²) in [7, 11) is 0. The minimum Gasteiger partial charge on any atom is -0.485 e. The van der Waals surface area contributed by atoms with Crippen molar-refractivity contribution in [3.05, 3.63) is 35.0 Å². The highest BCUT2D eigenvalue weighted by Gasteiger charge is 2.23. The van der Waals surface area contributed by atoms with Gasteiger partial charge in [0, 0.05) is 35.3 Å². The van der Waals surface area contributed by atoms with Gasteiger partial charge in [0.15, 0.2) is 23.0 Å². The van der Waals surface area contributed by atoms with Crippen LogP contribution in [-0.2, 0) is 0 Å². The van der Waals surface area contributed by atoms with Crippen LogP contribution in [0, 0.1) is 0 Å². The second-order valence-corrected chi connectivity index (χ2v) is 10.9. The molecule has 2 aliphatic heterocycles. The fourth-order valence-corrected chi connectivity index (χ4v) is 8.31. The molecular weight excluding hydrogens is 457 g/mol. The Labute approximate surface area is 187 Å². The zero-order valence-corrected chi connectivity index (χ0v) is 18.8. The summed E-state index contributed by atoms with van der Waals surface area (Å²) in [6.45, 7) is 2.46. The molecule has 0 unspecified atom stereocenters. The number of fused-ring (bicyclic) bond motifs is 5. The van der Waals surface area contributed by atoms with E-state index in [4.69, 9.17) is 18.9 Å². The van der Waals surface area contributed by atoms with Crippen LogP contribution >= 0.6 is 45.3 Å². The van der Waals surface area contributed by atoms with Gasteiger partial charge < -0.3 is 18.9 Å². The lowest BCUT2D eigenvalue weighted by Crippen LogP contribution is -2.14. The maximum absolute atomic E-state index is 5.91. The molecule has 0 fully saturated rings. The van der Waals surface area contributed by atoms with E-state index in [2.05, 4.69) is 35.0 Å². The van der Waals surface area contributed by atoms with Gasteiger partial charge >= 0.3 is 0 Å². The molecule has 4 aromatic heterocycles. The first-order valence-corrected chi connectivity index (χ1v) is 13.0. The van der Waals surface area contributed by atoms with E-state index in [1.165, 1.54) is 29.9 Å². The van der Waals surface area contributed by atoms with Crippen molar-refractivity contribution in [2.75, 3.05) is 26.4 Å². The largest absolute Gasteiger partial charge is 0.485 e. The molecule has 0 radical (unpaired) electrons. The van der Waals surface area contributed by atoms with Crippen molar-refractivity contribution in [1.29, 1.82) is 0 Å². The molecule has 0 saturated carbocycles. The minimum atomic E-state index is 0.608. The van der Waals surface area contributed by atoms with Gasteiger partial charge in [-0.1, -0.05) is 6.07 Å². The number of benzene rings is 1. The Bertz CT molecular complexity index is 1310. The molecule has 150 valence electrons. The Hall–Kier alpha value is -2.26. The average Bonchev–Trinajstić information content (AvgIpc) is 3.55. The van der Waals surface area contributed by atoms with Crippen molar-refractivity contribution < 1.29 is 18.9 Å². The van der Waals surface area contributed by atoms with Gasteiger partial charge in [-0.05, 0) is 23.6 Å². The molecule has 1 aromatic carbocycles. The third-order valence-electron chi connectivity index (χ3n) is 5.23. The topological polar surface area (TPSA) is 36.9 Å². The van der Waals surface area contributed by atoms with Crippen LogP contribution in [0.4, 0.5) is 0 Å². The van der Waals surface area contributed by atoms with Crippen molar-refractivity contribution in [1.82, 2.24) is 0 Å². The van der Waals surface area contributed by atoms with Gasteiger partial charge in [0.05, 0.1) is 9.75 Å². The van der Waals surface area contributed by atoms with Gasteiger partial charge in [-0.2, -0.15) is 0 Å². The average molecular weight is 471 g/mol. The number of thiophene rings is 4. The highest BCUT2D eigenvalue weighted by atomic mass is 32.1. The van der Waals surface area contributed by atoms with Gasteiger partial charge in [0.2, 0.25) is 0 Å². The van der Waals surface area contributed by atoms with E-state index < -0.39 is 0 Å². The molecule has 0 N–H and O–H groups in total. The van der Waals surface area contributed by atoms with Crippen molar-refractivity contribution in [3.8, 4) is 42.5 Å². The number of hydrogen-bond acceptors (Lipinski definition) is 8. The normalized spacial score (nSPS) is 15.2. The van der Waals surface area contributed by atoms with Crippen molar-refractivity contribution in [2.24, 2.45) is 0 Å². The first kappa shape index (κ1) is 17.4. The van der Waals surface area contributed by atoms with E-state index in [0.717, 1.165) is 32.8 Å². The molecule has 0 spiro atoms. The van der Waals surface area contributed by atoms with E-state index in [0.29, 0.717) is 26.4 Å². The van der Waals surface area contributed by atoms with Gasteiger partial charge in [-0.3, -0.25) is 0 Å². The van der Waals surface area contributed by atoms with E-state index in [9.17, 15) is 0 Å². The summed E-state index contributed by atoms with van der Waals surface area (Å²) in [6, 6.07) is 9.02. The molecule has 5 aromatic rings. The SMILES string of the molecule is c1sc(-c2cc3c(ccc4cc(-c5scc6c5OCCO6)sc43)s2)c2c1OCCO2. The summed E-state index contributed by atoms with van der Waals surface area (Å²) in [4.78, 5) is 4.78. The van der Waals surface area contributed by atoms with E-state index in [-0.39, 0.29) is 0 Å². The van der Waals surface area contributed by atoms with Crippen molar-refractivity contribution in [3.63, 3.8) is 0 Å². The quantitative estimate of drug-likeness (QED) is 0.275. The Kier molecular flexibility index (Phi) is 3.84. The molecule has 0 bridgehead atoms. The molecule has 0 atom stereocenters. The van der Waals surface area contributed by atoms with E-state index >= 15 is 0 Å². The fraction of sp³-hybridized carbons (Fsp3) is 0.182. The number of hydrogen-bond donors (Lipinski definition) is 0. The summed E-state index contributed by atoms with van der Waals surface area (Å²) < 4.78 is 25.9.